The number of Topliss-reactive ketones (excluding diaryl/α,β-unsaturated/α-hetero) is 1. The Labute approximate surface area is 136 Å². The number of carbonyl (C=O) groups is 1. The van der Waals surface area contributed by atoms with Crippen LogP contribution in [0, 0.1) is 0 Å². The molecule has 1 aliphatic heterocycles. The van der Waals surface area contributed by atoms with Gasteiger partial charge in [-0.2, -0.15) is 0 Å². The lowest BCUT2D eigenvalue weighted by Gasteiger charge is -2.21. The van der Waals surface area contributed by atoms with Crippen molar-refractivity contribution in [2.45, 2.75) is 19.1 Å². The van der Waals surface area contributed by atoms with Crippen LogP contribution < -0.4 is 4.74 Å². The monoisotopic (exact) mass is 312 g/mol. The molecule has 4 heteroatoms. The zero-order valence-electron chi connectivity index (χ0n) is 13.3. The maximum atomic E-state index is 12.4. The van der Waals surface area contributed by atoms with Crippen molar-refractivity contribution < 1.29 is 19.0 Å². The van der Waals surface area contributed by atoms with E-state index in [2.05, 4.69) is 0 Å². The van der Waals surface area contributed by atoms with Crippen LogP contribution in [0.2, 0.25) is 0 Å². The summed E-state index contributed by atoms with van der Waals surface area (Å²) in [4.78, 5) is 12.4. The number of hydrogen-bond acceptors (Lipinski definition) is 4. The molecule has 1 atom stereocenters. The van der Waals surface area contributed by atoms with Gasteiger partial charge in [-0.05, 0) is 30.2 Å². The largest absolute Gasteiger partial charge is 0.497 e. The molecule has 1 saturated heterocycles. The van der Waals surface area contributed by atoms with Crippen LogP contribution in [0.3, 0.4) is 0 Å². The van der Waals surface area contributed by atoms with Gasteiger partial charge in [0.25, 0.3) is 0 Å². The number of carbonyl (C=O) groups excluding carboxylic acids is 1. The van der Waals surface area contributed by atoms with Crippen LogP contribution in [0.5, 0.6) is 5.75 Å². The van der Waals surface area contributed by atoms with Crippen molar-refractivity contribution in [3.63, 3.8) is 0 Å². The minimum Gasteiger partial charge on any atom is -0.497 e. The predicted octanol–water partition coefficient (Wildman–Crippen LogP) is 3.46. The Morgan fingerprint density at radius 2 is 1.74 bits per heavy atom. The number of methoxy groups -OCH3 is 1. The molecule has 3 rings (SSSR count). The van der Waals surface area contributed by atoms with Gasteiger partial charge in [-0.15, -0.1) is 0 Å². The molecule has 23 heavy (non-hydrogen) atoms. The van der Waals surface area contributed by atoms with Crippen LogP contribution in [-0.4, -0.2) is 26.1 Å². The first-order valence-electron chi connectivity index (χ1n) is 7.67. The van der Waals surface area contributed by atoms with E-state index in [1.165, 1.54) is 0 Å². The van der Waals surface area contributed by atoms with Gasteiger partial charge in [0.2, 0.25) is 0 Å². The molecule has 0 bridgehead atoms. The first kappa shape index (κ1) is 15.7. The van der Waals surface area contributed by atoms with Crippen molar-refractivity contribution >= 4 is 5.78 Å². The molecular formula is C19H20O4. The molecule has 0 radical (unpaired) electrons. The predicted molar refractivity (Wildman–Crippen MR) is 86.6 cm³/mol. The molecule has 1 heterocycles. The van der Waals surface area contributed by atoms with Crippen LogP contribution in [0.1, 0.15) is 35.8 Å². The summed E-state index contributed by atoms with van der Waals surface area (Å²) in [6, 6.07) is 15.4. The molecule has 0 spiro atoms. The molecule has 0 amide bonds. The second-order valence-electron chi connectivity index (χ2n) is 5.52. The van der Waals surface area contributed by atoms with Crippen LogP contribution in [0.25, 0.3) is 0 Å². The van der Waals surface area contributed by atoms with Crippen molar-refractivity contribution in [1.29, 1.82) is 0 Å². The van der Waals surface area contributed by atoms with Crippen molar-refractivity contribution in [3.8, 4) is 5.75 Å². The molecule has 120 valence electrons. The van der Waals surface area contributed by atoms with Gasteiger partial charge in [0.15, 0.2) is 6.29 Å². The summed E-state index contributed by atoms with van der Waals surface area (Å²) in [7, 11) is 1.63. The Balaban J connectivity index is 2.02. The zero-order valence-corrected chi connectivity index (χ0v) is 13.3. The number of ether oxygens (including phenoxy) is 3. The third-order valence-electron chi connectivity index (χ3n) is 4.04. The first-order valence-corrected chi connectivity index (χ1v) is 7.67. The fourth-order valence-electron chi connectivity index (χ4n) is 2.96. The molecule has 1 fully saturated rings. The molecule has 1 aliphatic rings. The second kappa shape index (κ2) is 6.94. The SMILES string of the molecule is COc1ccc(C(C(C)=O)c2ccccc2C2OCCO2)cc1. The minimum atomic E-state index is -0.397. The molecule has 2 aromatic rings. The van der Waals surface area contributed by atoms with E-state index < -0.39 is 6.29 Å². The fourth-order valence-corrected chi connectivity index (χ4v) is 2.96. The number of rotatable bonds is 5. The topological polar surface area (TPSA) is 44.8 Å². The van der Waals surface area contributed by atoms with E-state index >= 15 is 0 Å². The molecule has 0 N–H and O–H groups in total. The first-order chi connectivity index (χ1) is 11.2. The van der Waals surface area contributed by atoms with Gasteiger partial charge in [-0.3, -0.25) is 4.79 Å². The van der Waals surface area contributed by atoms with Gasteiger partial charge in [0, 0.05) is 5.56 Å². The fraction of sp³-hybridized carbons (Fsp3) is 0.316. The Morgan fingerprint density at radius 1 is 1.09 bits per heavy atom. The highest BCUT2D eigenvalue weighted by Crippen LogP contribution is 2.35. The van der Waals surface area contributed by atoms with Crippen LogP contribution in [0.15, 0.2) is 48.5 Å². The van der Waals surface area contributed by atoms with Gasteiger partial charge in [0.05, 0.1) is 26.2 Å². The molecule has 2 aromatic carbocycles. The summed E-state index contributed by atoms with van der Waals surface area (Å²) in [5.41, 5.74) is 2.78. The van der Waals surface area contributed by atoms with Gasteiger partial charge in [-0.25, -0.2) is 0 Å². The molecule has 1 unspecified atom stereocenters. The lowest BCUT2D eigenvalue weighted by molar-refractivity contribution is -0.117. The van der Waals surface area contributed by atoms with Crippen molar-refractivity contribution in [3.05, 3.63) is 65.2 Å². The number of hydrogen-bond donors (Lipinski definition) is 0. The Kier molecular flexibility index (Phi) is 4.74. The molecule has 4 nitrogen and oxygen atoms in total. The van der Waals surface area contributed by atoms with E-state index in [1.807, 2.05) is 48.5 Å². The maximum absolute atomic E-state index is 12.4. The second-order valence-corrected chi connectivity index (χ2v) is 5.52. The Morgan fingerprint density at radius 3 is 2.35 bits per heavy atom. The van der Waals surface area contributed by atoms with Crippen LogP contribution in [0.4, 0.5) is 0 Å². The van der Waals surface area contributed by atoms with E-state index in [1.54, 1.807) is 14.0 Å². The minimum absolute atomic E-state index is 0.0839. The normalized spacial score (nSPS) is 16.3. The third-order valence-corrected chi connectivity index (χ3v) is 4.04. The summed E-state index contributed by atoms with van der Waals surface area (Å²) in [6.45, 7) is 2.76. The highest BCUT2D eigenvalue weighted by Gasteiger charge is 2.27. The summed E-state index contributed by atoms with van der Waals surface area (Å²) in [5, 5.41) is 0. The van der Waals surface area contributed by atoms with E-state index in [9.17, 15) is 4.79 Å². The number of benzene rings is 2. The highest BCUT2D eigenvalue weighted by atomic mass is 16.7. The maximum Gasteiger partial charge on any atom is 0.184 e. The van der Waals surface area contributed by atoms with E-state index in [-0.39, 0.29) is 11.7 Å². The van der Waals surface area contributed by atoms with Crippen molar-refractivity contribution in [2.24, 2.45) is 0 Å². The Bertz CT molecular complexity index is 672. The van der Waals surface area contributed by atoms with E-state index in [0.717, 1.165) is 22.4 Å². The lowest BCUT2D eigenvalue weighted by atomic mass is 9.85. The van der Waals surface area contributed by atoms with Crippen LogP contribution in [-0.2, 0) is 14.3 Å². The molecule has 0 aromatic heterocycles. The zero-order chi connectivity index (χ0) is 16.2. The van der Waals surface area contributed by atoms with E-state index in [0.29, 0.717) is 13.2 Å². The Hall–Kier alpha value is -2.17. The van der Waals surface area contributed by atoms with Gasteiger partial charge < -0.3 is 14.2 Å². The molecule has 0 aliphatic carbocycles. The molecule has 0 saturated carbocycles. The summed E-state index contributed by atoms with van der Waals surface area (Å²) in [6.07, 6.45) is -0.397. The van der Waals surface area contributed by atoms with Gasteiger partial charge in [0.1, 0.15) is 11.5 Å². The highest BCUT2D eigenvalue weighted by molar-refractivity contribution is 5.87. The van der Waals surface area contributed by atoms with Crippen LogP contribution >= 0.6 is 0 Å². The molecular weight excluding hydrogens is 292 g/mol. The lowest BCUT2D eigenvalue weighted by Crippen LogP contribution is -2.15. The number of ketones is 1. The van der Waals surface area contributed by atoms with Gasteiger partial charge >= 0.3 is 0 Å². The van der Waals surface area contributed by atoms with Crippen molar-refractivity contribution in [2.75, 3.05) is 20.3 Å². The van der Waals surface area contributed by atoms with Crippen molar-refractivity contribution in [1.82, 2.24) is 0 Å². The third kappa shape index (κ3) is 3.28. The van der Waals surface area contributed by atoms with E-state index in [4.69, 9.17) is 14.2 Å². The van der Waals surface area contributed by atoms with Gasteiger partial charge in [-0.1, -0.05) is 36.4 Å². The summed E-state index contributed by atoms with van der Waals surface area (Å²) >= 11 is 0. The quantitative estimate of drug-likeness (QED) is 0.848. The summed E-state index contributed by atoms with van der Waals surface area (Å²) < 4.78 is 16.5. The smallest absolute Gasteiger partial charge is 0.184 e. The average molecular weight is 312 g/mol. The average Bonchev–Trinajstić information content (AvgIpc) is 3.10. The standard InChI is InChI=1S/C19H20O4/c1-13(20)18(14-7-9-15(21-2)10-8-14)16-5-3-4-6-17(16)19-22-11-12-23-19/h3-10,18-19H,11-12H2,1-2H3. The summed E-state index contributed by atoms with van der Waals surface area (Å²) in [5.74, 6) is 0.511.